The smallest absolute Gasteiger partial charge is 0.257 e. The van der Waals surface area contributed by atoms with Crippen LogP contribution in [0.25, 0.3) is 0 Å². The molecule has 0 radical (unpaired) electrons. The van der Waals surface area contributed by atoms with Gasteiger partial charge in [-0.25, -0.2) is 4.39 Å². The van der Waals surface area contributed by atoms with Crippen LogP contribution in [0.2, 0.25) is 0 Å². The lowest BCUT2D eigenvalue weighted by Crippen LogP contribution is -2.42. The maximum atomic E-state index is 13.8. The fraction of sp³-hybridized carbons (Fsp3) is 0.364. The molecule has 1 N–H and O–H groups in total. The first kappa shape index (κ1) is 19.9. The molecule has 0 atom stereocenters. The summed E-state index contributed by atoms with van der Waals surface area (Å²) in [5.41, 5.74) is 1.25. The molecular weight excluding hydrogens is 359 g/mol. The average Bonchev–Trinajstić information content (AvgIpc) is 2.72. The molecule has 0 unspecified atom stereocenters. The Kier molecular flexibility index (Phi) is 6.63. The molecule has 0 spiro atoms. The van der Waals surface area contributed by atoms with Gasteiger partial charge >= 0.3 is 0 Å². The van der Waals surface area contributed by atoms with Gasteiger partial charge in [-0.05, 0) is 49.9 Å². The molecule has 3 rings (SSSR count). The standard InChI is InChI=1S/C22H25FN2O3/c1-16-6-8-18(9-7-16)28-15-21(26)24-14-17-10-12-25(13-11-17)22(27)19-4-2-3-5-20(19)23/h2-9,17H,10-15H2,1H3,(H,24,26). The predicted octanol–water partition coefficient (Wildman–Crippen LogP) is 3.18. The number of hydrogen-bond acceptors (Lipinski definition) is 3. The maximum absolute atomic E-state index is 13.8. The highest BCUT2D eigenvalue weighted by molar-refractivity contribution is 5.94. The summed E-state index contributed by atoms with van der Waals surface area (Å²) in [6.07, 6.45) is 1.55. The molecule has 148 valence electrons. The van der Waals surface area contributed by atoms with Crippen LogP contribution in [0.1, 0.15) is 28.8 Å². The van der Waals surface area contributed by atoms with Gasteiger partial charge in [0.05, 0.1) is 5.56 Å². The number of amides is 2. The Hall–Kier alpha value is -2.89. The number of benzene rings is 2. The maximum Gasteiger partial charge on any atom is 0.257 e. The lowest BCUT2D eigenvalue weighted by atomic mass is 9.96. The SMILES string of the molecule is Cc1ccc(OCC(=O)NCC2CCN(C(=O)c3ccccc3F)CC2)cc1. The summed E-state index contributed by atoms with van der Waals surface area (Å²) in [7, 11) is 0. The minimum Gasteiger partial charge on any atom is -0.484 e. The van der Waals surface area contributed by atoms with Crippen LogP contribution in [0.5, 0.6) is 5.75 Å². The van der Waals surface area contributed by atoms with Gasteiger partial charge in [0.15, 0.2) is 6.61 Å². The Balaban J connectivity index is 1.38. The highest BCUT2D eigenvalue weighted by Crippen LogP contribution is 2.19. The molecule has 2 aromatic rings. The monoisotopic (exact) mass is 384 g/mol. The lowest BCUT2D eigenvalue weighted by molar-refractivity contribution is -0.123. The molecule has 1 aliphatic heterocycles. The third-order valence-electron chi connectivity index (χ3n) is 4.98. The summed E-state index contributed by atoms with van der Waals surface area (Å²) in [5.74, 6) is 0.0432. The Bertz CT molecular complexity index is 815. The van der Waals surface area contributed by atoms with E-state index in [1.165, 1.54) is 12.1 Å². The molecule has 1 saturated heterocycles. The van der Waals surface area contributed by atoms with E-state index in [0.29, 0.717) is 31.3 Å². The van der Waals surface area contributed by atoms with E-state index in [1.807, 2.05) is 31.2 Å². The van der Waals surface area contributed by atoms with Crippen molar-refractivity contribution in [1.82, 2.24) is 10.2 Å². The van der Waals surface area contributed by atoms with Crippen LogP contribution < -0.4 is 10.1 Å². The van der Waals surface area contributed by atoms with Crippen molar-refractivity contribution in [3.8, 4) is 5.75 Å². The number of nitrogens with zero attached hydrogens (tertiary/aromatic N) is 1. The van der Waals surface area contributed by atoms with Gasteiger partial charge in [-0.1, -0.05) is 29.8 Å². The van der Waals surface area contributed by atoms with Crippen molar-refractivity contribution in [2.45, 2.75) is 19.8 Å². The fourth-order valence-electron chi connectivity index (χ4n) is 3.24. The Morgan fingerprint density at radius 3 is 2.46 bits per heavy atom. The van der Waals surface area contributed by atoms with E-state index in [4.69, 9.17) is 4.74 Å². The summed E-state index contributed by atoms with van der Waals surface area (Å²) >= 11 is 0. The van der Waals surface area contributed by atoms with Crippen LogP contribution >= 0.6 is 0 Å². The summed E-state index contributed by atoms with van der Waals surface area (Å²) in [6, 6.07) is 13.6. The Labute approximate surface area is 164 Å². The minimum atomic E-state index is -0.490. The highest BCUT2D eigenvalue weighted by atomic mass is 19.1. The summed E-state index contributed by atoms with van der Waals surface area (Å²) in [6.45, 7) is 3.65. The zero-order chi connectivity index (χ0) is 19.9. The van der Waals surface area contributed by atoms with E-state index in [1.54, 1.807) is 17.0 Å². The normalized spacial score (nSPS) is 14.6. The zero-order valence-corrected chi connectivity index (χ0v) is 16.0. The second-order valence-corrected chi connectivity index (χ2v) is 7.12. The zero-order valence-electron chi connectivity index (χ0n) is 16.0. The number of piperidine rings is 1. The van der Waals surface area contributed by atoms with Crippen molar-refractivity contribution in [3.63, 3.8) is 0 Å². The van der Waals surface area contributed by atoms with Gasteiger partial charge in [-0.3, -0.25) is 9.59 Å². The third-order valence-corrected chi connectivity index (χ3v) is 4.98. The largest absolute Gasteiger partial charge is 0.484 e. The van der Waals surface area contributed by atoms with E-state index in [9.17, 15) is 14.0 Å². The number of ether oxygens (including phenoxy) is 1. The molecule has 0 bridgehead atoms. The molecule has 5 nitrogen and oxygen atoms in total. The Morgan fingerprint density at radius 1 is 1.11 bits per heavy atom. The molecular formula is C22H25FN2O3. The van der Waals surface area contributed by atoms with Gasteiger partial charge in [0.2, 0.25) is 0 Å². The van der Waals surface area contributed by atoms with E-state index in [0.717, 1.165) is 18.4 Å². The van der Waals surface area contributed by atoms with Crippen molar-refractivity contribution in [2.24, 2.45) is 5.92 Å². The topological polar surface area (TPSA) is 58.6 Å². The van der Waals surface area contributed by atoms with E-state index >= 15 is 0 Å². The molecule has 0 aromatic heterocycles. The number of carbonyl (C=O) groups is 2. The van der Waals surface area contributed by atoms with E-state index in [2.05, 4.69) is 5.32 Å². The second kappa shape index (κ2) is 9.35. The van der Waals surface area contributed by atoms with Gasteiger partial charge in [-0.2, -0.15) is 0 Å². The number of hydrogen-bond donors (Lipinski definition) is 1. The van der Waals surface area contributed by atoms with Crippen LogP contribution in [0.15, 0.2) is 48.5 Å². The van der Waals surface area contributed by atoms with Gasteiger partial charge in [-0.15, -0.1) is 0 Å². The van der Waals surface area contributed by atoms with Crippen molar-refractivity contribution >= 4 is 11.8 Å². The molecule has 2 amide bonds. The fourth-order valence-corrected chi connectivity index (χ4v) is 3.24. The minimum absolute atomic E-state index is 0.0202. The van der Waals surface area contributed by atoms with Gasteiger partial charge in [0.1, 0.15) is 11.6 Å². The van der Waals surface area contributed by atoms with Crippen LogP contribution in [0, 0.1) is 18.7 Å². The summed E-state index contributed by atoms with van der Waals surface area (Å²) < 4.78 is 19.3. The van der Waals surface area contributed by atoms with Crippen LogP contribution in [-0.2, 0) is 4.79 Å². The number of rotatable bonds is 6. The molecule has 1 aliphatic rings. The predicted molar refractivity (Wildman–Crippen MR) is 105 cm³/mol. The quantitative estimate of drug-likeness (QED) is 0.832. The summed E-state index contributed by atoms with van der Waals surface area (Å²) in [5, 5.41) is 2.89. The van der Waals surface area contributed by atoms with Crippen LogP contribution in [0.4, 0.5) is 4.39 Å². The highest BCUT2D eigenvalue weighted by Gasteiger charge is 2.25. The van der Waals surface area contributed by atoms with Crippen molar-refractivity contribution in [3.05, 3.63) is 65.5 Å². The molecule has 28 heavy (non-hydrogen) atoms. The number of aryl methyl sites for hydroxylation is 1. The third kappa shape index (κ3) is 5.31. The molecule has 6 heteroatoms. The van der Waals surface area contributed by atoms with Gasteiger partial charge in [0, 0.05) is 19.6 Å². The first-order valence-corrected chi connectivity index (χ1v) is 9.53. The number of nitrogens with one attached hydrogen (secondary N) is 1. The second-order valence-electron chi connectivity index (χ2n) is 7.12. The van der Waals surface area contributed by atoms with Crippen molar-refractivity contribution in [1.29, 1.82) is 0 Å². The van der Waals surface area contributed by atoms with Gasteiger partial charge < -0.3 is 15.0 Å². The van der Waals surface area contributed by atoms with E-state index in [-0.39, 0.29) is 24.0 Å². The van der Waals surface area contributed by atoms with Crippen molar-refractivity contribution < 1.29 is 18.7 Å². The molecule has 0 saturated carbocycles. The van der Waals surface area contributed by atoms with Crippen LogP contribution in [0.3, 0.4) is 0 Å². The molecule has 0 aliphatic carbocycles. The number of carbonyl (C=O) groups excluding carboxylic acids is 2. The summed E-state index contributed by atoms with van der Waals surface area (Å²) in [4.78, 5) is 26.1. The number of likely N-dealkylation sites (tertiary alicyclic amines) is 1. The Morgan fingerprint density at radius 2 is 1.79 bits per heavy atom. The number of halogens is 1. The van der Waals surface area contributed by atoms with E-state index < -0.39 is 5.82 Å². The lowest BCUT2D eigenvalue weighted by Gasteiger charge is -2.32. The first-order valence-electron chi connectivity index (χ1n) is 9.53. The van der Waals surface area contributed by atoms with Crippen LogP contribution in [-0.4, -0.2) is 43.0 Å². The van der Waals surface area contributed by atoms with Gasteiger partial charge in [0.25, 0.3) is 11.8 Å². The molecule has 1 heterocycles. The molecule has 2 aromatic carbocycles. The van der Waals surface area contributed by atoms with Crippen molar-refractivity contribution in [2.75, 3.05) is 26.2 Å². The average molecular weight is 384 g/mol. The molecule has 1 fully saturated rings. The first-order chi connectivity index (χ1) is 13.5.